The normalized spacial score (nSPS) is 29.5. The molecule has 1 aromatic rings. The van der Waals surface area contributed by atoms with Crippen molar-refractivity contribution in [3.63, 3.8) is 0 Å². The van der Waals surface area contributed by atoms with E-state index in [-0.39, 0.29) is 17.7 Å². The summed E-state index contributed by atoms with van der Waals surface area (Å²) < 4.78 is 0. The third-order valence-electron chi connectivity index (χ3n) is 5.93. The highest BCUT2D eigenvalue weighted by Gasteiger charge is 2.54. The van der Waals surface area contributed by atoms with Crippen molar-refractivity contribution in [3.05, 3.63) is 42.0 Å². The zero-order valence-corrected chi connectivity index (χ0v) is 13.9. The molecule has 3 aliphatic carbocycles. The Labute approximate surface area is 137 Å². The minimum Gasteiger partial charge on any atom is -0.508 e. The van der Waals surface area contributed by atoms with Crippen molar-refractivity contribution in [2.75, 3.05) is 0 Å². The fourth-order valence-electron chi connectivity index (χ4n) is 4.13. The van der Waals surface area contributed by atoms with Crippen LogP contribution in [0.3, 0.4) is 0 Å². The summed E-state index contributed by atoms with van der Waals surface area (Å²) in [5.41, 5.74) is 8.47. The van der Waals surface area contributed by atoms with Crippen LogP contribution in [0.4, 0.5) is 0 Å². The lowest BCUT2D eigenvalue weighted by atomic mass is 9.46. The lowest BCUT2D eigenvalue weighted by Crippen LogP contribution is -2.58. The van der Waals surface area contributed by atoms with Crippen LogP contribution in [0, 0.1) is 17.3 Å². The van der Waals surface area contributed by atoms with E-state index >= 15 is 0 Å². The maximum atomic E-state index is 12.4. The number of fused-ring (bicyclic) bond motifs is 2. The highest BCUT2D eigenvalue weighted by molar-refractivity contribution is 5.82. The zero-order valence-electron chi connectivity index (χ0n) is 13.9. The van der Waals surface area contributed by atoms with Gasteiger partial charge in [0.2, 0.25) is 5.91 Å². The Morgan fingerprint density at radius 1 is 1.39 bits per heavy atom. The van der Waals surface area contributed by atoms with Crippen LogP contribution in [-0.4, -0.2) is 23.1 Å². The van der Waals surface area contributed by atoms with Crippen molar-refractivity contribution in [1.82, 2.24) is 5.32 Å². The van der Waals surface area contributed by atoms with Crippen LogP contribution < -0.4 is 11.1 Å². The molecule has 0 aliphatic heterocycles. The van der Waals surface area contributed by atoms with Gasteiger partial charge < -0.3 is 16.2 Å². The Morgan fingerprint density at radius 2 is 2.04 bits per heavy atom. The van der Waals surface area contributed by atoms with E-state index in [0.29, 0.717) is 23.7 Å². The van der Waals surface area contributed by atoms with Gasteiger partial charge in [-0.15, -0.1) is 0 Å². The van der Waals surface area contributed by atoms with Crippen molar-refractivity contribution in [2.45, 2.75) is 45.2 Å². The molecule has 0 radical (unpaired) electrons. The Hall–Kier alpha value is -1.81. The van der Waals surface area contributed by atoms with Gasteiger partial charge in [-0.25, -0.2) is 0 Å². The molecule has 0 aromatic heterocycles. The Bertz CT molecular complexity index is 621. The standard InChI is InChI=1S/C19H26N2O2/c1-11-15-9-13(19(15,2)3)10-17(11)21-18(23)16(20)8-12-4-6-14(22)7-5-12/h4-7,13,15-17,22H,1,8-10,20H2,2-3H3,(H,21,23)/t13-,15+,16+,17?/m1/s1. The van der Waals surface area contributed by atoms with Gasteiger partial charge in [-0.2, -0.15) is 0 Å². The van der Waals surface area contributed by atoms with E-state index in [2.05, 4.69) is 25.7 Å². The fourth-order valence-corrected chi connectivity index (χ4v) is 4.13. The molecule has 3 saturated carbocycles. The molecule has 0 heterocycles. The van der Waals surface area contributed by atoms with Gasteiger partial charge in [0.05, 0.1) is 12.1 Å². The summed E-state index contributed by atoms with van der Waals surface area (Å²) >= 11 is 0. The SMILES string of the molecule is C=C1C(NC(=O)[C@@H](N)Cc2ccc(O)cc2)C[C@H]2C[C@@H]1C2(C)C. The van der Waals surface area contributed by atoms with Crippen molar-refractivity contribution in [2.24, 2.45) is 23.0 Å². The molecular formula is C19H26N2O2. The van der Waals surface area contributed by atoms with Gasteiger partial charge in [-0.3, -0.25) is 4.79 Å². The van der Waals surface area contributed by atoms with E-state index in [1.165, 1.54) is 6.42 Å². The molecule has 0 saturated heterocycles. The maximum Gasteiger partial charge on any atom is 0.237 e. The number of aromatic hydroxyl groups is 1. The highest BCUT2D eigenvalue weighted by Crippen LogP contribution is 2.60. The average Bonchev–Trinajstić information content (AvgIpc) is 2.50. The Balaban J connectivity index is 1.57. The molecule has 1 aromatic carbocycles. The molecule has 1 unspecified atom stereocenters. The number of rotatable bonds is 4. The van der Waals surface area contributed by atoms with E-state index in [1.807, 2.05) is 0 Å². The predicted octanol–water partition coefficient (Wildman–Crippen LogP) is 2.37. The quantitative estimate of drug-likeness (QED) is 0.747. The number of carbonyl (C=O) groups excluding carboxylic acids is 1. The predicted molar refractivity (Wildman–Crippen MR) is 90.9 cm³/mol. The van der Waals surface area contributed by atoms with Crippen molar-refractivity contribution < 1.29 is 9.90 Å². The van der Waals surface area contributed by atoms with Gasteiger partial charge in [0.15, 0.2) is 0 Å². The second-order valence-electron chi connectivity index (χ2n) is 7.66. The summed E-state index contributed by atoms with van der Waals surface area (Å²) in [7, 11) is 0. The van der Waals surface area contributed by atoms with Gasteiger partial charge in [0, 0.05) is 0 Å². The molecule has 3 fully saturated rings. The molecule has 124 valence electrons. The molecule has 4 nitrogen and oxygen atoms in total. The summed E-state index contributed by atoms with van der Waals surface area (Å²) in [6, 6.07) is 6.28. The number of phenols is 1. The summed E-state index contributed by atoms with van der Waals surface area (Å²) in [5.74, 6) is 1.27. The van der Waals surface area contributed by atoms with Crippen LogP contribution in [0.15, 0.2) is 36.4 Å². The molecule has 4 rings (SSSR count). The van der Waals surface area contributed by atoms with Crippen LogP contribution in [0.2, 0.25) is 0 Å². The first-order valence-electron chi connectivity index (χ1n) is 8.31. The Morgan fingerprint density at radius 3 is 2.61 bits per heavy atom. The van der Waals surface area contributed by atoms with E-state index < -0.39 is 6.04 Å². The average molecular weight is 314 g/mol. The second-order valence-corrected chi connectivity index (χ2v) is 7.66. The van der Waals surface area contributed by atoms with Crippen LogP contribution in [0.25, 0.3) is 0 Å². The van der Waals surface area contributed by atoms with E-state index in [9.17, 15) is 9.90 Å². The first kappa shape index (κ1) is 16.1. The smallest absolute Gasteiger partial charge is 0.237 e. The third kappa shape index (κ3) is 2.88. The molecule has 4 heteroatoms. The Kier molecular flexibility index (Phi) is 3.96. The van der Waals surface area contributed by atoms with Crippen LogP contribution >= 0.6 is 0 Å². The topological polar surface area (TPSA) is 75.4 Å². The number of carbonyl (C=O) groups is 1. The number of benzene rings is 1. The fraction of sp³-hybridized carbons (Fsp3) is 0.526. The number of hydrogen-bond donors (Lipinski definition) is 3. The molecule has 1 amide bonds. The molecular weight excluding hydrogens is 288 g/mol. The highest BCUT2D eigenvalue weighted by atomic mass is 16.3. The van der Waals surface area contributed by atoms with Gasteiger partial charge in [-0.1, -0.05) is 38.1 Å². The van der Waals surface area contributed by atoms with Gasteiger partial charge in [0.25, 0.3) is 0 Å². The lowest BCUT2D eigenvalue weighted by molar-refractivity contribution is -0.124. The minimum atomic E-state index is -0.585. The second kappa shape index (κ2) is 5.68. The first-order valence-corrected chi connectivity index (χ1v) is 8.31. The maximum absolute atomic E-state index is 12.4. The van der Waals surface area contributed by atoms with Crippen molar-refractivity contribution in [3.8, 4) is 5.75 Å². The number of nitrogens with two attached hydrogens (primary N) is 1. The molecule has 0 spiro atoms. The summed E-state index contributed by atoms with van der Waals surface area (Å²) in [5, 5.41) is 12.4. The minimum absolute atomic E-state index is 0.0603. The largest absolute Gasteiger partial charge is 0.508 e. The zero-order chi connectivity index (χ0) is 16.8. The third-order valence-corrected chi connectivity index (χ3v) is 5.93. The van der Waals surface area contributed by atoms with E-state index in [4.69, 9.17) is 5.73 Å². The number of nitrogens with one attached hydrogen (secondary N) is 1. The van der Waals surface area contributed by atoms with E-state index in [0.717, 1.165) is 17.6 Å². The number of amides is 1. The molecule has 23 heavy (non-hydrogen) atoms. The van der Waals surface area contributed by atoms with Gasteiger partial charge in [-0.05, 0) is 54.2 Å². The number of phenolic OH excluding ortho intramolecular Hbond substituents is 1. The van der Waals surface area contributed by atoms with Crippen molar-refractivity contribution >= 4 is 5.91 Å². The van der Waals surface area contributed by atoms with Crippen LogP contribution in [0.1, 0.15) is 32.3 Å². The van der Waals surface area contributed by atoms with E-state index in [1.54, 1.807) is 24.3 Å². The molecule has 3 aliphatic rings. The van der Waals surface area contributed by atoms with Crippen molar-refractivity contribution in [1.29, 1.82) is 0 Å². The van der Waals surface area contributed by atoms with Crippen LogP contribution in [-0.2, 0) is 11.2 Å². The van der Waals surface area contributed by atoms with Gasteiger partial charge in [0.1, 0.15) is 5.75 Å². The monoisotopic (exact) mass is 314 g/mol. The van der Waals surface area contributed by atoms with Gasteiger partial charge >= 0.3 is 0 Å². The molecule has 2 bridgehead atoms. The lowest BCUT2D eigenvalue weighted by Gasteiger charge is -2.60. The van der Waals surface area contributed by atoms with Crippen LogP contribution in [0.5, 0.6) is 5.75 Å². The summed E-state index contributed by atoms with van der Waals surface area (Å²) in [6.07, 6.45) is 2.64. The molecule has 4 N–H and O–H groups in total. The summed E-state index contributed by atoms with van der Waals surface area (Å²) in [6.45, 7) is 8.83. The summed E-state index contributed by atoms with van der Waals surface area (Å²) in [4.78, 5) is 12.4. The first-order chi connectivity index (χ1) is 10.8. The molecule has 4 atom stereocenters. The number of hydrogen-bond acceptors (Lipinski definition) is 3.